The normalized spacial score (nSPS) is 11.1. The third-order valence-electron chi connectivity index (χ3n) is 2.46. The van der Waals surface area contributed by atoms with Gasteiger partial charge < -0.3 is 0 Å². The molecule has 0 aliphatic rings. The van der Waals surface area contributed by atoms with Gasteiger partial charge in [-0.15, -0.1) is 0 Å². The van der Waals surface area contributed by atoms with E-state index in [2.05, 4.69) is 6.07 Å². The number of aryl methyl sites for hydroxylation is 2. The molecule has 0 saturated heterocycles. The summed E-state index contributed by atoms with van der Waals surface area (Å²) in [6, 6.07) is 5.43. The molecule has 1 aromatic carbocycles. The molecule has 0 heterocycles. The van der Waals surface area contributed by atoms with Crippen molar-refractivity contribution >= 4 is 0 Å². The lowest BCUT2D eigenvalue weighted by Gasteiger charge is -2.19. The number of hydrogen-bond donors (Lipinski definition) is 0. The largest absolute Gasteiger partial charge is 0.207 e. The fourth-order valence-electron chi connectivity index (χ4n) is 1.56. The van der Waals surface area contributed by atoms with Crippen LogP contribution in [0, 0.1) is 31.0 Å². The molecular formula is C12H14FN. The molecule has 0 amide bonds. The molecule has 0 saturated carbocycles. The zero-order valence-corrected chi connectivity index (χ0v) is 8.98. The van der Waals surface area contributed by atoms with Gasteiger partial charge in [-0.3, -0.25) is 0 Å². The van der Waals surface area contributed by atoms with Gasteiger partial charge in [0.1, 0.15) is 5.82 Å². The molecule has 0 radical (unpaired) electrons. The lowest BCUT2D eigenvalue weighted by atomic mass is 9.83. The van der Waals surface area contributed by atoms with Crippen molar-refractivity contribution in [1.82, 2.24) is 0 Å². The Kier molecular flexibility index (Phi) is 2.62. The summed E-state index contributed by atoms with van der Waals surface area (Å²) in [4.78, 5) is 0. The van der Waals surface area contributed by atoms with E-state index in [4.69, 9.17) is 5.26 Å². The maximum Gasteiger partial charge on any atom is 0.126 e. The van der Waals surface area contributed by atoms with Gasteiger partial charge in [0.15, 0.2) is 0 Å². The van der Waals surface area contributed by atoms with Crippen LogP contribution in [0.4, 0.5) is 4.39 Å². The molecule has 0 bridgehead atoms. The Hall–Kier alpha value is -1.36. The topological polar surface area (TPSA) is 23.8 Å². The molecule has 1 aromatic rings. The van der Waals surface area contributed by atoms with Crippen molar-refractivity contribution in [3.63, 3.8) is 0 Å². The Morgan fingerprint density at radius 2 is 1.79 bits per heavy atom. The van der Waals surface area contributed by atoms with E-state index in [1.807, 2.05) is 6.92 Å². The van der Waals surface area contributed by atoms with Gasteiger partial charge in [-0.2, -0.15) is 5.26 Å². The zero-order chi connectivity index (χ0) is 10.9. The summed E-state index contributed by atoms with van der Waals surface area (Å²) in [7, 11) is 0. The van der Waals surface area contributed by atoms with E-state index in [0.29, 0.717) is 5.56 Å². The lowest BCUT2D eigenvalue weighted by Crippen LogP contribution is -2.16. The highest BCUT2D eigenvalue weighted by molar-refractivity contribution is 5.39. The summed E-state index contributed by atoms with van der Waals surface area (Å²) in [5, 5.41) is 8.96. The first kappa shape index (κ1) is 10.7. The van der Waals surface area contributed by atoms with Crippen LogP contribution in [-0.2, 0) is 5.41 Å². The zero-order valence-electron chi connectivity index (χ0n) is 8.98. The summed E-state index contributed by atoms with van der Waals surface area (Å²) in [6.07, 6.45) is 0. The molecule has 0 fully saturated rings. The molecule has 0 unspecified atom stereocenters. The summed E-state index contributed by atoms with van der Waals surface area (Å²) in [5.41, 5.74) is 1.73. The molecule has 0 N–H and O–H groups in total. The van der Waals surface area contributed by atoms with Crippen molar-refractivity contribution in [2.24, 2.45) is 0 Å². The maximum absolute atomic E-state index is 13.3. The van der Waals surface area contributed by atoms with Gasteiger partial charge >= 0.3 is 0 Å². The average Bonchev–Trinajstić information content (AvgIpc) is 2.11. The SMILES string of the molecule is Cc1cc(C)c(C(C)(C)C#N)cc1F. The van der Waals surface area contributed by atoms with Crippen molar-refractivity contribution in [3.8, 4) is 6.07 Å². The monoisotopic (exact) mass is 191 g/mol. The van der Waals surface area contributed by atoms with Crippen LogP contribution in [0.3, 0.4) is 0 Å². The maximum atomic E-state index is 13.3. The Bertz CT molecular complexity index is 400. The van der Waals surface area contributed by atoms with Gasteiger partial charge in [0.2, 0.25) is 0 Å². The van der Waals surface area contributed by atoms with Crippen molar-refractivity contribution in [2.45, 2.75) is 33.1 Å². The Labute approximate surface area is 84.2 Å². The fourth-order valence-corrected chi connectivity index (χ4v) is 1.56. The van der Waals surface area contributed by atoms with E-state index >= 15 is 0 Å². The Morgan fingerprint density at radius 1 is 1.21 bits per heavy atom. The predicted molar refractivity (Wildman–Crippen MR) is 54.5 cm³/mol. The molecule has 0 aliphatic carbocycles. The standard InChI is InChI=1S/C12H14FN/c1-8-5-9(2)11(13)6-10(8)12(3,4)7-14/h5-6H,1-4H3. The predicted octanol–water partition coefficient (Wildman–Crippen LogP) is 3.24. The van der Waals surface area contributed by atoms with Crippen molar-refractivity contribution in [3.05, 3.63) is 34.6 Å². The van der Waals surface area contributed by atoms with Crippen LogP contribution >= 0.6 is 0 Å². The lowest BCUT2D eigenvalue weighted by molar-refractivity contribution is 0.602. The third kappa shape index (κ3) is 1.77. The molecule has 0 aliphatic heterocycles. The van der Waals surface area contributed by atoms with Gasteiger partial charge in [-0.05, 0) is 50.5 Å². The summed E-state index contributed by atoms with van der Waals surface area (Å²) < 4.78 is 13.3. The van der Waals surface area contributed by atoms with Crippen molar-refractivity contribution in [1.29, 1.82) is 5.26 Å². The highest BCUT2D eigenvalue weighted by Gasteiger charge is 2.22. The number of hydrogen-bond acceptors (Lipinski definition) is 1. The number of benzene rings is 1. The van der Waals surface area contributed by atoms with Gasteiger partial charge in [-0.1, -0.05) is 6.07 Å². The third-order valence-corrected chi connectivity index (χ3v) is 2.46. The van der Waals surface area contributed by atoms with Crippen LogP contribution in [0.2, 0.25) is 0 Å². The molecule has 0 spiro atoms. The second-order valence-corrected chi connectivity index (χ2v) is 4.15. The molecule has 14 heavy (non-hydrogen) atoms. The van der Waals surface area contributed by atoms with Crippen LogP contribution in [0.15, 0.2) is 12.1 Å². The first-order valence-electron chi connectivity index (χ1n) is 4.57. The smallest absolute Gasteiger partial charge is 0.126 e. The Balaban J connectivity index is 3.38. The van der Waals surface area contributed by atoms with Gasteiger partial charge in [-0.25, -0.2) is 4.39 Å². The van der Waals surface area contributed by atoms with E-state index < -0.39 is 5.41 Å². The second kappa shape index (κ2) is 3.42. The number of rotatable bonds is 1. The van der Waals surface area contributed by atoms with E-state index in [-0.39, 0.29) is 5.82 Å². The molecule has 0 atom stereocenters. The summed E-state index contributed by atoms with van der Waals surface area (Å²) in [5.74, 6) is -0.242. The van der Waals surface area contributed by atoms with Crippen LogP contribution < -0.4 is 0 Å². The summed E-state index contributed by atoms with van der Waals surface area (Å²) in [6.45, 7) is 7.22. The molecular weight excluding hydrogens is 177 g/mol. The minimum Gasteiger partial charge on any atom is -0.207 e. The fraction of sp³-hybridized carbons (Fsp3) is 0.417. The molecule has 1 rings (SSSR count). The number of nitrogens with zero attached hydrogens (tertiary/aromatic N) is 1. The van der Waals surface area contributed by atoms with Crippen molar-refractivity contribution in [2.75, 3.05) is 0 Å². The molecule has 0 aromatic heterocycles. The number of nitriles is 1. The quantitative estimate of drug-likeness (QED) is 0.668. The highest BCUT2D eigenvalue weighted by atomic mass is 19.1. The minimum atomic E-state index is -0.626. The van der Waals surface area contributed by atoms with E-state index in [1.54, 1.807) is 26.8 Å². The first-order chi connectivity index (χ1) is 6.38. The van der Waals surface area contributed by atoms with Crippen LogP contribution in [-0.4, -0.2) is 0 Å². The van der Waals surface area contributed by atoms with Gasteiger partial charge in [0.25, 0.3) is 0 Å². The number of halogens is 1. The first-order valence-corrected chi connectivity index (χ1v) is 4.57. The molecule has 2 heteroatoms. The van der Waals surface area contributed by atoms with Crippen LogP contribution in [0.25, 0.3) is 0 Å². The van der Waals surface area contributed by atoms with Gasteiger partial charge in [0, 0.05) is 0 Å². The molecule has 1 nitrogen and oxygen atoms in total. The Morgan fingerprint density at radius 3 is 2.29 bits per heavy atom. The highest BCUT2D eigenvalue weighted by Crippen LogP contribution is 2.27. The van der Waals surface area contributed by atoms with Crippen molar-refractivity contribution < 1.29 is 4.39 Å². The minimum absolute atomic E-state index is 0.242. The second-order valence-electron chi connectivity index (χ2n) is 4.15. The average molecular weight is 191 g/mol. The van der Waals surface area contributed by atoms with Crippen LogP contribution in [0.1, 0.15) is 30.5 Å². The van der Waals surface area contributed by atoms with Crippen LogP contribution in [0.5, 0.6) is 0 Å². The molecule has 74 valence electrons. The van der Waals surface area contributed by atoms with E-state index in [0.717, 1.165) is 11.1 Å². The summed E-state index contributed by atoms with van der Waals surface area (Å²) >= 11 is 0. The van der Waals surface area contributed by atoms with E-state index in [9.17, 15) is 4.39 Å². The van der Waals surface area contributed by atoms with Gasteiger partial charge in [0.05, 0.1) is 11.5 Å². The van der Waals surface area contributed by atoms with E-state index in [1.165, 1.54) is 6.07 Å².